The molecule has 0 atom stereocenters. The number of nitriles is 1. The maximum Gasteiger partial charge on any atom is 0.228 e. The van der Waals surface area contributed by atoms with Crippen LogP contribution in [0.1, 0.15) is 35.6 Å². The molecule has 0 unspecified atom stereocenters. The molecule has 1 saturated carbocycles. The number of aromatic nitrogens is 3. The van der Waals surface area contributed by atoms with Gasteiger partial charge in [0.2, 0.25) is 5.91 Å². The van der Waals surface area contributed by atoms with Gasteiger partial charge in [-0.2, -0.15) is 10.4 Å². The van der Waals surface area contributed by atoms with Gasteiger partial charge >= 0.3 is 0 Å². The van der Waals surface area contributed by atoms with Crippen LogP contribution in [0.5, 0.6) is 0 Å². The zero-order valence-corrected chi connectivity index (χ0v) is 11.7. The highest BCUT2D eigenvalue weighted by Gasteiger charge is 2.45. The third kappa shape index (κ3) is 2.77. The number of rotatable bonds is 4. The average Bonchev–Trinajstić information content (AvgIpc) is 3.15. The molecule has 21 heavy (non-hydrogen) atoms. The number of aromatic amines is 1. The van der Waals surface area contributed by atoms with E-state index in [0.717, 1.165) is 18.4 Å². The number of carbonyl (C=O) groups is 1. The van der Waals surface area contributed by atoms with Crippen LogP contribution in [-0.4, -0.2) is 21.1 Å². The zero-order chi connectivity index (χ0) is 14.9. The molecule has 3 rings (SSSR count). The standard InChI is InChI=1S/C15H15N5O/c1-10-17-13(20-19-10)8-14(21)18-15(5-6-15)12-4-2-3-11(7-12)9-16/h2-4,7H,5-6,8H2,1H3,(H,18,21)(H,17,19,20). The minimum atomic E-state index is -0.324. The van der Waals surface area contributed by atoms with Crippen molar-refractivity contribution in [3.63, 3.8) is 0 Å². The van der Waals surface area contributed by atoms with Gasteiger partial charge in [0.25, 0.3) is 0 Å². The molecule has 0 bridgehead atoms. The lowest BCUT2D eigenvalue weighted by Crippen LogP contribution is -2.36. The van der Waals surface area contributed by atoms with E-state index >= 15 is 0 Å². The van der Waals surface area contributed by atoms with E-state index in [0.29, 0.717) is 17.2 Å². The quantitative estimate of drug-likeness (QED) is 0.884. The Morgan fingerprint density at radius 2 is 2.33 bits per heavy atom. The van der Waals surface area contributed by atoms with E-state index < -0.39 is 0 Å². The molecule has 1 heterocycles. The van der Waals surface area contributed by atoms with Crippen molar-refractivity contribution >= 4 is 5.91 Å². The van der Waals surface area contributed by atoms with E-state index in [1.54, 1.807) is 13.0 Å². The first-order valence-corrected chi connectivity index (χ1v) is 6.81. The van der Waals surface area contributed by atoms with Crippen LogP contribution in [0.25, 0.3) is 0 Å². The summed E-state index contributed by atoms with van der Waals surface area (Å²) in [7, 11) is 0. The highest BCUT2D eigenvalue weighted by molar-refractivity contribution is 5.79. The van der Waals surface area contributed by atoms with E-state index in [1.165, 1.54) is 0 Å². The van der Waals surface area contributed by atoms with Gasteiger partial charge in [-0.3, -0.25) is 9.89 Å². The number of nitrogens with zero attached hydrogens (tertiary/aromatic N) is 3. The molecular formula is C15H15N5O. The lowest BCUT2D eigenvalue weighted by atomic mass is 10.0. The third-order valence-electron chi connectivity index (χ3n) is 3.64. The van der Waals surface area contributed by atoms with E-state index in [2.05, 4.69) is 26.6 Å². The van der Waals surface area contributed by atoms with Gasteiger partial charge in [0.05, 0.1) is 23.6 Å². The second-order valence-electron chi connectivity index (χ2n) is 5.34. The minimum Gasteiger partial charge on any atom is -0.346 e. The molecule has 0 radical (unpaired) electrons. The Morgan fingerprint density at radius 3 is 2.95 bits per heavy atom. The smallest absolute Gasteiger partial charge is 0.228 e. The summed E-state index contributed by atoms with van der Waals surface area (Å²) in [6.07, 6.45) is 1.94. The summed E-state index contributed by atoms with van der Waals surface area (Å²) in [4.78, 5) is 16.3. The van der Waals surface area contributed by atoms with Crippen molar-refractivity contribution in [3.05, 3.63) is 47.0 Å². The molecule has 0 saturated heterocycles. The fraction of sp³-hybridized carbons (Fsp3) is 0.333. The Bertz CT molecular complexity index is 724. The fourth-order valence-corrected chi connectivity index (χ4v) is 2.42. The second kappa shape index (κ2) is 5.02. The molecule has 0 spiro atoms. The second-order valence-corrected chi connectivity index (χ2v) is 5.34. The van der Waals surface area contributed by atoms with Crippen LogP contribution in [0.3, 0.4) is 0 Å². The van der Waals surface area contributed by atoms with Crippen LogP contribution in [0.15, 0.2) is 24.3 Å². The predicted molar refractivity (Wildman–Crippen MR) is 75.0 cm³/mol. The number of amides is 1. The molecule has 1 aromatic heterocycles. The highest BCUT2D eigenvalue weighted by atomic mass is 16.1. The third-order valence-corrected chi connectivity index (χ3v) is 3.64. The number of nitrogens with one attached hydrogen (secondary N) is 2. The molecular weight excluding hydrogens is 266 g/mol. The van der Waals surface area contributed by atoms with E-state index in [-0.39, 0.29) is 17.9 Å². The summed E-state index contributed by atoms with van der Waals surface area (Å²) in [6.45, 7) is 1.80. The highest BCUT2D eigenvalue weighted by Crippen LogP contribution is 2.45. The van der Waals surface area contributed by atoms with Crippen molar-refractivity contribution in [3.8, 4) is 6.07 Å². The van der Waals surface area contributed by atoms with E-state index in [9.17, 15) is 4.79 Å². The summed E-state index contributed by atoms with van der Waals surface area (Å²) < 4.78 is 0. The van der Waals surface area contributed by atoms with Crippen molar-refractivity contribution < 1.29 is 4.79 Å². The van der Waals surface area contributed by atoms with Crippen LogP contribution in [0, 0.1) is 18.3 Å². The molecule has 6 nitrogen and oxygen atoms in total. The van der Waals surface area contributed by atoms with Crippen LogP contribution in [0.4, 0.5) is 0 Å². The molecule has 1 aliphatic rings. The Labute approximate surface area is 122 Å². The average molecular weight is 281 g/mol. The summed E-state index contributed by atoms with van der Waals surface area (Å²) in [5.41, 5.74) is 1.27. The molecule has 1 aromatic carbocycles. The molecule has 106 valence electrons. The first kappa shape index (κ1) is 13.3. The maximum absolute atomic E-state index is 12.1. The maximum atomic E-state index is 12.1. The SMILES string of the molecule is Cc1nc(CC(=O)NC2(c3cccc(C#N)c3)CC2)n[nH]1. The molecule has 1 amide bonds. The van der Waals surface area contributed by atoms with Gasteiger partial charge in [-0.05, 0) is 37.5 Å². The Morgan fingerprint density at radius 1 is 1.52 bits per heavy atom. The lowest BCUT2D eigenvalue weighted by Gasteiger charge is -2.17. The number of hydrogen-bond acceptors (Lipinski definition) is 4. The minimum absolute atomic E-state index is 0.103. The summed E-state index contributed by atoms with van der Waals surface area (Å²) >= 11 is 0. The summed E-state index contributed by atoms with van der Waals surface area (Å²) in [5, 5.41) is 18.7. The van der Waals surface area contributed by atoms with Crippen molar-refractivity contribution in [2.24, 2.45) is 0 Å². The van der Waals surface area contributed by atoms with Gasteiger partial charge in [0.1, 0.15) is 5.82 Å². The molecule has 1 aliphatic carbocycles. The monoisotopic (exact) mass is 281 g/mol. The van der Waals surface area contributed by atoms with Gasteiger partial charge < -0.3 is 5.32 Å². The van der Waals surface area contributed by atoms with Gasteiger partial charge in [0, 0.05) is 0 Å². The van der Waals surface area contributed by atoms with Crippen molar-refractivity contribution in [1.82, 2.24) is 20.5 Å². The van der Waals surface area contributed by atoms with E-state index in [1.807, 2.05) is 18.2 Å². The summed E-state index contributed by atoms with van der Waals surface area (Å²) in [5.74, 6) is 1.08. The molecule has 2 aromatic rings. The molecule has 1 fully saturated rings. The Balaban J connectivity index is 1.71. The van der Waals surface area contributed by atoms with Gasteiger partial charge in [0.15, 0.2) is 5.82 Å². The molecule has 6 heteroatoms. The van der Waals surface area contributed by atoms with Gasteiger partial charge in [-0.15, -0.1) is 0 Å². The molecule has 2 N–H and O–H groups in total. The van der Waals surface area contributed by atoms with Crippen molar-refractivity contribution in [2.75, 3.05) is 0 Å². The largest absolute Gasteiger partial charge is 0.346 e. The number of hydrogen-bond donors (Lipinski definition) is 2. The predicted octanol–water partition coefficient (Wildman–Crippen LogP) is 1.33. The van der Waals surface area contributed by atoms with Crippen LogP contribution >= 0.6 is 0 Å². The number of carbonyl (C=O) groups excluding carboxylic acids is 1. The molecule has 0 aliphatic heterocycles. The first-order valence-electron chi connectivity index (χ1n) is 6.81. The van der Waals surface area contributed by atoms with Crippen molar-refractivity contribution in [2.45, 2.75) is 31.7 Å². The summed E-state index contributed by atoms with van der Waals surface area (Å²) in [6, 6.07) is 9.52. The number of benzene rings is 1. The Hall–Kier alpha value is -2.68. The van der Waals surface area contributed by atoms with Crippen LogP contribution < -0.4 is 5.32 Å². The first-order chi connectivity index (χ1) is 10.1. The van der Waals surface area contributed by atoms with Gasteiger partial charge in [-0.25, -0.2) is 4.98 Å². The lowest BCUT2D eigenvalue weighted by molar-refractivity contribution is -0.121. The van der Waals surface area contributed by atoms with Crippen molar-refractivity contribution in [1.29, 1.82) is 5.26 Å². The van der Waals surface area contributed by atoms with Crippen LogP contribution in [-0.2, 0) is 16.8 Å². The fourth-order valence-electron chi connectivity index (χ4n) is 2.42. The zero-order valence-electron chi connectivity index (χ0n) is 11.7. The number of H-pyrrole nitrogens is 1. The topological polar surface area (TPSA) is 94.5 Å². The number of aryl methyl sites for hydroxylation is 1. The van der Waals surface area contributed by atoms with E-state index in [4.69, 9.17) is 5.26 Å². The normalized spacial score (nSPS) is 15.2. The Kier molecular flexibility index (Phi) is 3.18. The van der Waals surface area contributed by atoms with Gasteiger partial charge in [-0.1, -0.05) is 12.1 Å². The van der Waals surface area contributed by atoms with Crippen LogP contribution in [0.2, 0.25) is 0 Å².